The standard InChI is InChI=1S/C11H7N3/c1-2-8-9-5-7-13-14-11(9)4-3-10(8)12-6-1/h1-7H. The van der Waals surface area contributed by atoms with Crippen molar-refractivity contribution in [1.29, 1.82) is 0 Å². The molecule has 0 N–H and O–H groups in total. The largest absolute Gasteiger partial charge is 0.256 e. The van der Waals surface area contributed by atoms with Crippen molar-refractivity contribution in [2.45, 2.75) is 0 Å². The summed E-state index contributed by atoms with van der Waals surface area (Å²) in [5.41, 5.74) is 1.90. The van der Waals surface area contributed by atoms with Crippen LogP contribution in [-0.4, -0.2) is 15.2 Å². The second-order valence-electron chi connectivity index (χ2n) is 3.10. The van der Waals surface area contributed by atoms with E-state index in [1.165, 1.54) is 0 Å². The van der Waals surface area contributed by atoms with Gasteiger partial charge in [0.1, 0.15) is 0 Å². The Morgan fingerprint density at radius 2 is 1.64 bits per heavy atom. The Kier molecular flexibility index (Phi) is 1.44. The highest BCUT2D eigenvalue weighted by molar-refractivity contribution is 6.04. The molecule has 1 aromatic carbocycles. The van der Waals surface area contributed by atoms with Crippen LogP contribution in [0.2, 0.25) is 0 Å². The average molecular weight is 181 g/mol. The zero-order chi connectivity index (χ0) is 9.38. The summed E-state index contributed by atoms with van der Waals surface area (Å²) >= 11 is 0. The van der Waals surface area contributed by atoms with Crippen LogP contribution in [0.1, 0.15) is 0 Å². The highest BCUT2D eigenvalue weighted by Gasteiger charge is 2.00. The number of aromatic nitrogens is 3. The Hall–Kier alpha value is -2.03. The van der Waals surface area contributed by atoms with Crippen LogP contribution in [0, 0.1) is 0 Å². The molecule has 0 spiro atoms. The lowest BCUT2D eigenvalue weighted by molar-refractivity contribution is 1.08. The van der Waals surface area contributed by atoms with E-state index in [-0.39, 0.29) is 0 Å². The quantitative estimate of drug-likeness (QED) is 0.499. The molecule has 3 rings (SSSR count). The highest BCUT2D eigenvalue weighted by Crippen LogP contribution is 2.20. The normalized spacial score (nSPS) is 10.9. The van der Waals surface area contributed by atoms with Crippen LogP contribution < -0.4 is 0 Å². The third-order valence-electron chi connectivity index (χ3n) is 2.28. The van der Waals surface area contributed by atoms with Gasteiger partial charge in [-0.2, -0.15) is 10.2 Å². The fourth-order valence-electron chi connectivity index (χ4n) is 1.63. The lowest BCUT2D eigenvalue weighted by atomic mass is 10.1. The lowest BCUT2D eigenvalue weighted by Crippen LogP contribution is -1.84. The van der Waals surface area contributed by atoms with Gasteiger partial charge in [0.25, 0.3) is 0 Å². The molecule has 0 atom stereocenters. The van der Waals surface area contributed by atoms with Crippen molar-refractivity contribution >= 4 is 21.8 Å². The summed E-state index contributed by atoms with van der Waals surface area (Å²) in [6, 6.07) is 9.85. The van der Waals surface area contributed by atoms with Crippen LogP contribution in [0.4, 0.5) is 0 Å². The van der Waals surface area contributed by atoms with E-state index in [2.05, 4.69) is 15.2 Å². The number of hydrogen-bond acceptors (Lipinski definition) is 3. The molecule has 0 unspecified atom stereocenters. The van der Waals surface area contributed by atoms with Crippen LogP contribution in [0.3, 0.4) is 0 Å². The summed E-state index contributed by atoms with van der Waals surface area (Å²) in [5.74, 6) is 0. The van der Waals surface area contributed by atoms with Gasteiger partial charge in [-0.3, -0.25) is 4.98 Å². The molecule has 0 fully saturated rings. The fourth-order valence-corrected chi connectivity index (χ4v) is 1.63. The van der Waals surface area contributed by atoms with E-state index in [1.54, 1.807) is 12.4 Å². The topological polar surface area (TPSA) is 38.7 Å². The minimum atomic E-state index is 0.910. The van der Waals surface area contributed by atoms with Gasteiger partial charge in [-0.15, -0.1) is 0 Å². The van der Waals surface area contributed by atoms with Gasteiger partial charge in [-0.1, -0.05) is 6.07 Å². The lowest BCUT2D eigenvalue weighted by Gasteiger charge is -1.99. The molecule has 3 heteroatoms. The van der Waals surface area contributed by atoms with Crippen LogP contribution in [0.25, 0.3) is 21.8 Å². The predicted molar refractivity (Wildman–Crippen MR) is 54.8 cm³/mol. The van der Waals surface area contributed by atoms with E-state index >= 15 is 0 Å². The van der Waals surface area contributed by atoms with Crippen LogP contribution in [-0.2, 0) is 0 Å². The summed E-state index contributed by atoms with van der Waals surface area (Å²) in [4.78, 5) is 4.28. The maximum atomic E-state index is 4.28. The van der Waals surface area contributed by atoms with Gasteiger partial charge in [-0.25, -0.2) is 0 Å². The Bertz CT molecular complexity index is 550. The van der Waals surface area contributed by atoms with E-state index in [1.807, 2.05) is 30.3 Å². The first-order chi connectivity index (χ1) is 6.95. The van der Waals surface area contributed by atoms with E-state index in [4.69, 9.17) is 0 Å². The van der Waals surface area contributed by atoms with E-state index in [0.717, 1.165) is 21.8 Å². The second kappa shape index (κ2) is 2.73. The molecule has 2 heterocycles. The maximum Gasteiger partial charge on any atom is 0.0937 e. The zero-order valence-electron chi connectivity index (χ0n) is 7.38. The van der Waals surface area contributed by atoms with Crippen LogP contribution in [0.5, 0.6) is 0 Å². The third-order valence-corrected chi connectivity index (χ3v) is 2.28. The molecule has 66 valence electrons. The predicted octanol–water partition coefficient (Wildman–Crippen LogP) is 2.18. The molecule has 0 bridgehead atoms. The summed E-state index contributed by atoms with van der Waals surface area (Å²) in [6.07, 6.45) is 3.50. The smallest absolute Gasteiger partial charge is 0.0937 e. The number of fused-ring (bicyclic) bond motifs is 3. The van der Waals surface area contributed by atoms with Crippen molar-refractivity contribution in [3.05, 3.63) is 42.7 Å². The Morgan fingerprint density at radius 1 is 0.786 bits per heavy atom. The molecule has 2 aromatic heterocycles. The molecule has 3 aromatic rings. The van der Waals surface area contributed by atoms with Gasteiger partial charge < -0.3 is 0 Å². The van der Waals surface area contributed by atoms with Crippen molar-refractivity contribution in [1.82, 2.24) is 15.2 Å². The fraction of sp³-hybridized carbons (Fsp3) is 0. The van der Waals surface area contributed by atoms with Crippen LogP contribution in [0.15, 0.2) is 42.7 Å². The van der Waals surface area contributed by atoms with Crippen molar-refractivity contribution < 1.29 is 0 Å². The Balaban J connectivity index is 2.61. The molecule has 3 nitrogen and oxygen atoms in total. The molecule has 0 saturated heterocycles. The highest BCUT2D eigenvalue weighted by atomic mass is 15.1. The maximum absolute atomic E-state index is 4.28. The van der Waals surface area contributed by atoms with Crippen molar-refractivity contribution in [2.75, 3.05) is 0 Å². The Morgan fingerprint density at radius 3 is 2.64 bits per heavy atom. The van der Waals surface area contributed by atoms with Gasteiger partial charge in [0, 0.05) is 17.0 Å². The first-order valence-corrected chi connectivity index (χ1v) is 4.40. The molecular weight excluding hydrogens is 174 g/mol. The number of rotatable bonds is 0. The van der Waals surface area contributed by atoms with Crippen LogP contribution >= 0.6 is 0 Å². The molecule has 0 aliphatic rings. The molecule has 14 heavy (non-hydrogen) atoms. The average Bonchev–Trinajstić information content (AvgIpc) is 2.29. The van der Waals surface area contributed by atoms with E-state index in [0.29, 0.717) is 0 Å². The number of pyridine rings is 1. The van der Waals surface area contributed by atoms with Gasteiger partial charge in [0.05, 0.1) is 17.2 Å². The molecule has 0 radical (unpaired) electrons. The van der Waals surface area contributed by atoms with Gasteiger partial charge >= 0.3 is 0 Å². The summed E-state index contributed by atoms with van der Waals surface area (Å²) in [5, 5.41) is 10.1. The van der Waals surface area contributed by atoms with Crippen molar-refractivity contribution in [3.63, 3.8) is 0 Å². The number of benzene rings is 1. The minimum Gasteiger partial charge on any atom is -0.256 e. The molecule has 0 aliphatic heterocycles. The van der Waals surface area contributed by atoms with Crippen molar-refractivity contribution in [3.8, 4) is 0 Å². The molecular formula is C11H7N3. The summed E-state index contributed by atoms with van der Waals surface area (Å²) < 4.78 is 0. The first kappa shape index (κ1) is 7.38. The number of nitrogens with zero attached hydrogens (tertiary/aromatic N) is 3. The monoisotopic (exact) mass is 181 g/mol. The van der Waals surface area contributed by atoms with Crippen molar-refractivity contribution in [2.24, 2.45) is 0 Å². The van der Waals surface area contributed by atoms with Gasteiger partial charge in [-0.05, 0) is 24.3 Å². The molecule has 0 saturated carbocycles. The summed E-state index contributed by atoms with van der Waals surface area (Å²) in [7, 11) is 0. The van der Waals surface area contributed by atoms with Gasteiger partial charge in [0.2, 0.25) is 0 Å². The van der Waals surface area contributed by atoms with Gasteiger partial charge in [0.15, 0.2) is 0 Å². The second-order valence-corrected chi connectivity index (χ2v) is 3.10. The zero-order valence-corrected chi connectivity index (χ0v) is 7.38. The minimum absolute atomic E-state index is 0.910. The molecule has 0 amide bonds. The number of hydrogen-bond donors (Lipinski definition) is 0. The third kappa shape index (κ3) is 0.956. The Labute approximate surface area is 80.4 Å². The van der Waals surface area contributed by atoms with E-state index in [9.17, 15) is 0 Å². The first-order valence-electron chi connectivity index (χ1n) is 4.40. The SMILES string of the molecule is c1cnc2ccc3nnccc3c2c1. The van der Waals surface area contributed by atoms with E-state index < -0.39 is 0 Å². The molecule has 0 aliphatic carbocycles. The summed E-state index contributed by atoms with van der Waals surface area (Å²) in [6.45, 7) is 0.